The molecular formula is C27H30ClN3O2. The van der Waals surface area contributed by atoms with Gasteiger partial charge in [0.25, 0.3) is 0 Å². The Hall–Kier alpha value is -3.02. The quantitative estimate of drug-likeness (QED) is 0.259. The van der Waals surface area contributed by atoms with Crippen LogP contribution in [0.4, 0.5) is 0 Å². The molecule has 4 rings (SSSR count). The molecule has 6 heteroatoms. The molecule has 172 valence electrons. The number of aryl methyl sites for hydroxylation is 2. The Bertz CT molecular complexity index is 1170. The number of hydrogen-bond donors (Lipinski definition) is 2. The van der Waals surface area contributed by atoms with Crippen LogP contribution in [0.2, 0.25) is 5.02 Å². The van der Waals surface area contributed by atoms with Crippen LogP contribution in [0.3, 0.4) is 0 Å². The Morgan fingerprint density at radius 1 is 0.970 bits per heavy atom. The highest BCUT2D eigenvalue weighted by molar-refractivity contribution is 6.31. The number of nitrogens with zero attached hydrogens (tertiary/aromatic N) is 1. The van der Waals surface area contributed by atoms with E-state index < -0.39 is 0 Å². The molecule has 0 radical (unpaired) electrons. The first-order valence-electron chi connectivity index (χ1n) is 11.4. The lowest BCUT2D eigenvalue weighted by atomic mass is 10.1. The summed E-state index contributed by atoms with van der Waals surface area (Å²) in [5, 5.41) is 4.15. The number of fused-ring (bicyclic) bond motifs is 1. The van der Waals surface area contributed by atoms with Crippen molar-refractivity contribution in [3.63, 3.8) is 0 Å². The van der Waals surface area contributed by atoms with Crippen LogP contribution in [0.25, 0.3) is 11.0 Å². The first-order chi connectivity index (χ1) is 16.1. The molecule has 33 heavy (non-hydrogen) atoms. The highest BCUT2D eigenvalue weighted by Gasteiger charge is 2.12. The largest absolute Gasteiger partial charge is 0.490 e. The smallest absolute Gasteiger partial charge is 0.163 e. The third kappa shape index (κ3) is 6.06. The van der Waals surface area contributed by atoms with Crippen molar-refractivity contribution in [2.24, 2.45) is 0 Å². The molecule has 0 spiro atoms. The van der Waals surface area contributed by atoms with Crippen molar-refractivity contribution in [2.75, 3.05) is 13.2 Å². The van der Waals surface area contributed by atoms with Crippen LogP contribution >= 0.6 is 11.6 Å². The van der Waals surface area contributed by atoms with Crippen LogP contribution in [0.5, 0.6) is 11.5 Å². The molecule has 0 amide bonds. The van der Waals surface area contributed by atoms with Gasteiger partial charge in [-0.15, -0.1) is 0 Å². The van der Waals surface area contributed by atoms with Gasteiger partial charge in [0.2, 0.25) is 0 Å². The number of ether oxygens (including phenoxy) is 2. The minimum absolute atomic E-state index is 0.475. The van der Waals surface area contributed by atoms with Gasteiger partial charge in [-0.25, -0.2) is 4.98 Å². The second-order valence-electron chi connectivity index (χ2n) is 8.02. The van der Waals surface area contributed by atoms with Gasteiger partial charge in [0.05, 0.1) is 17.6 Å². The van der Waals surface area contributed by atoms with E-state index in [2.05, 4.69) is 40.4 Å². The summed E-state index contributed by atoms with van der Waals surface area (Å²) in [5.74, 6) is 2.40. The number of H-pyrrole nitrogens is 1. The molecular weight excluding hydrogens is 434 g/mol. The average Bonchev–Trinajstić information content (AvgIpc) is 3.23. The third-order valence-electron chi connectivity index (χ3n) is 5.58. The number of aromatic amines is 1. The number of benzene rings is 3. The zero-order valence-electron chi connectivity index (χ0n) is 19.2. The molecule has 0 bridgehead atoms. The van der Waals surface area contributed by atoms with Crippen molar-refractivity contribution < 1.29 is 9.47 Å². The summed E-state index contributed by atoms with van der Waals surface area (Å²) < 4.78 is 11.9. The molecule has 1 aromatic heterocycles. The lowest BCUT2D eigenvalue weighted by Gasteiger charge is -2.16. The summed E-state index contributed by atoms with van der Waals surface area (Å²) in [6.45, 7) is 6.61. The molecule has 4 aromatic rings. The van der Waals surface area contributed by atoms with Crippen molar-refractivity contribution >= 4 is 22.6 Å². The Morgan fingerprint density at radius 2 is 1.76 bits per heavy atom. The standard InChI is InChI=1S/C27H30ClN3O2/c1-3-32-25-15-21(22(28)16-26(25)33-18-20-10-5-4-9-19(20)2)17-29-14-8-13-27-30-23-11-6-7-12-24(23)31-27/h4-7,9-12,15-16,29H,3,8,13-14,17-18H2,1-2H3,(H,30,31). The van der Waals surface area contributed by atoms with Crippen molar-refractivity contribution in [1.82, 2.24) is 15.3 Å². The second kappa shape index (κ2) is 11.2. The minimum atomic E-state index is 0.475. The van der Waals surface area contributed by atoms with Gasteiger partial charge in [-0.05, 0) is 61.7 Å². The summed E-state index contributed by atoms with van der Waals surface area (Å²) in [4.78, 5) is 8.01. The molecule has 0 saturated carbocycles. The molecule has 1 heterocycles. The molecule has 2 N–H and O–H groups in total. The van der Waals surface area contributed by atoms with Gasteiger partial charge < -0.3 is 19.8 Å². The van der Waals surface area contributed by atoms with Gasteiger partial charge >= 0.3 is 0 Å². The van der Waals surface area contributed by atoms with Gasteiger partial charge in [-0.3, -0.25) is 0 Å². The third-order valence-corrected chi connectivity index (χ3v) is 5.93. The summed E-state index contributed by atoms with van der Waals surface area (Å²) in [5.41, 5.74) is 5.43. The Kier molecular flexibility index (Phi) is 7.87. The van der Waals surface area contributed by atoms with Crippen molar-refractivity contribution in [2.45, 2.75) is 39.8 Å². The van der Waals surface area contributed by atoms with E-state index in [1.807, 2.05) is 49.4 Å². The normalized spacial score (nSPS) is 11.1. The van der Waals surface area contributed by atoms with E-state index >= 15 is 0 Å². The van der Waals surface area contributed by atoms with Crippen LogP contribution < -0.4 is 14.8 Å². The number of imidazole rings is 1. The van der Waals surface area contributed by atoms with E-state index in [0.29, 0.717) is 30.5 Å². The van der Waals surface area contributed by atoms with Crippen LogP contribution in [-0.2, 0) is 19.6 Å². The van der Waals surface area contributed by atoms with E-state index in [-0.39, 0.29) is 0 Å². The Labute approximate surface area is 200 Å². The maximum Gasteiger partial charge on any atom is 0.163 e. The highest BCUT2D eigenvalue weighted by atomic mass is 35.5. The zero-order chi connectivity index (χ0) is 23.0. The second-order valence-corrected chi connectivity index (χ2v) is 8.43. The number of hydrogen-bond acceptors (Lipinski definition) is 4. The first-order valence-corrected chi connectivity index (χ1v) is 11.8. The highest BCUT2D eigenvalue weighted by Crippen LogP contribution is 2.34. The van der Waals surface area contributed by atoms with E-state index in [9.17, 15) is 0 Å². The fraction of sp³-hybridized carbons (Fsp3) is 0.296. The molecule has 3 aromatic carbocycles. The molecule has 0 atom stereocenters. The summed E-state index contributed by atoms with van der Waals surface area (Å²) >= 11 is 6.58. The fourth-order valence-electron chi connectivity index (χ4n) is 3.75. The molecule has 5 nitrogen and oxygen atoms in total. The van der Waals surface area contributed by atoms with Gasteiger partial charge in [0.15, 0.2) is 11.5 Å². The van der Waals surface area contributed by atoms with E-state index in [1.165, 1.54) is 5.56 Å². The monoisotopic (exact) mass is 463 g/mol. The predicted molar refractivity (Wildman–Crippen MR) is 134 cm³/mol. The molecule has 0 aliphatic heterocycles. The fourth-order valence-corrected chi connectivity index (χ4v) is 3.97. The van der Waals surface area contributed by atoms with Crippen LogP contribution in [0, 0.1) is 6.92 Å². The van der Waals surface area contributed by atoms with Gasteiger partial charge in [-0.1, -0.05) is 48.0 Å². The van der Waals surface area contributed by atoms with Gasteiger partial charge in [0, 0.05) is 24.1 Å². The summed E-state index contributed by atoms with van der Waals surface area (Å²) in [6, 6.07) is 20.1. The average molecular weight is 464 g/mol. The SMILES string of the molecule is CCOc1cc(CNCCCc2nc3ccccc3[nH]2)c(Cl)cc1OCc1ccccc1C. The topological polar surface area (TPSA) is 59.2 Å². The van der Waals surface area contributed by atoms with Crippen LogP contribution in [0.15, 0.2) is 60.7 Å². The van der Waals surface area contributed by atoms with E-state index in [1.54, 1.807) is 0 Å². The number of rotatable bonds is 11. The maximum absolute atomic E-state index is 6.58. The maximum atomic E-state index is 6.58. The molecule has 0 aliphatic rings. The predicted octanol–water partition coefficient (Wildman–Crippen LogP) is 6.22. The van der Waals surface area contributed by atoms with Crippen molar-refractivity contribution in [1.29, 1.82) is 0 Å². The first kappa shape index (κ1) is 23.1. The number of aromatic nitrogens is 2. The Balaban J connectivity index is 1.32. The molecule has 0 aliphatic carbocycles. The van der Waals surface area contributed by atoms with E-state index in [0.717, 1.165) is 53.1 Å². The van der Waals surface area contributed by atoms with E-state index in [4.69, 9.17) is 21.1 Å². The number of halogens is 1. The van der Waals surface area contributed by atoms with Crippen LogP contribution in [-0.4, -0.2) is 23.1 Å². The molecule has 0 fully saturated rings. The lowest BCUT2D eigenvalue weighted by Crippen LogP contribution is -2.16. The van der Waals surface area contributed by atoms with Crippen molar-refractivity contribution in [3.8, 4) is 11.5 Å². The lowest BCUT2D eigenvalue weighted by molar-refractivity contribution is 0.268. The van der Waals surface area contributed by atoms with Gasteiger partial charge in [0.1, 0.15) is 12.4 Å². The summed E-state index contributed by atoms with van der Waals surface area (Å²) in [7, 11) is 0. The number of nitrogens with one attached hydrogen (secondary N) is 2. The molecule has 0 saturated heterocycles. The van der Waals surface area contributed by atoms with Crippen molar-refractivity contribution in [3.05, 3.63) is 88.2 Å². The van der Waals surface area contributed by atoms with Crippen LogP contribution in [0.1, 0.15) is 35.9 Å². The summed E-state index contributed by atoms with van der Waals surface area (Å²) in [6.07, 6.45) is 1.87. The Morgan fingerprint density at radius 3 is 2.58 bits per heavy atom. The number of para-hydroxylation sites is 2. The van der Waals surface area contributed by atoms with Gasteiger partial charge in [-0.2, -0.15) is 0 Å². The molecule has 0 unspecified atom stereocenters. The zero-order valence-corrected chi connectivity index (χ0v) is 19.9. The minimum Gasteiger partial charge on any atom is -0.490 e.